The second-order valence-electron chi connectivity index (χ2n) is 13.3. The second kappa shape index (κ2) is 11.3. The van der Waals surface area contributed by atoms with E-state index in [0.29, 0.717) is 0 Å². The van der Waals surface area contributed by atoms with Gasteiger partial charge < -0.3 is 4.90 Å². The number of benzene rings is 9. The number of hydrogen-bond donors (Lipinski definition) is 0. The minimum Gasteiger partial charge on any atom is -0.310 e. The molecule has 0 spiro atoms. The van der Waals surface area contributed by atoms with Gasteiger partial charge in [0, 0.05) is 57.4 Å². The lowest BCUT2D eigenvalue weighted by Crippen LogP contribution is -2.09. The van der Waals surface area contributed by atoms with Crippen LogP contribution in [0, 0.1) is 0 Å². The molecule has 0 amide bonds. The molecule has 0 aliphatic carbocycles. The maximum absolute atomic E-state index is 2.42. The van der Waals surface area contributed by atoms with Gasteiger partial charge in [-0.3, -0.25) is 0 Å². The summed E-state index contributed by atoms with van der Waals surface area (Å²) in [5.74, 6) is 0. The van der Waals surface area contributed by atoms with Gasteiger partial charge in [-0.15, -0.1) is 22.7 Å². The van der Waals surface area contributed by atoms with Crippen LogP contribution in [0.5, 0.6) is 0 Å². The molecule has 0 N–H and O–H groups in total. The molecule has 2 heterocycles. The topological polar surface area (TPSA) is 3.24 Å². The molecule has 11 aromatic rings. The normalized spacial score (nSPS) is 11.9. The second-order valence-corrected chi connectivity index (χ2v) is 15.5. The van der Waals surface area contributed by atoms with Crippen LogP contribution in [0.2, 0.25) is 0 Å². The Balaban J connectivity index is 1.09. The molecule has 0 radical (unpaired) electrons. The average molecular weight is 684 g/mol. The van der Waals surface area contributed by atoms with Gasteiger partial charge in [-0.2, -0.15) is 0 Å². The highest BCUT2D eigenvalue weighted by molar-refractivity contribution is 7.26. The monoisotopic (exact) mass is 683 g/mol. The zero-order valence-corrected chi connectivity index (χ0v) is 29.1. The molecule has 0 aliphatic rings. The van der Waals surface area contributed by atoms with Gasteiger partial charge in [0.05, 0.1) is 0 Å². The lowest BCUT2D eigenvalue weighted by atomic mass is 9.92. The Kier molecular flexibility index (Phi) is 6.36. The van der Waals surface area contributed by atoms with Crippen molar-refractivity contribution >= 4 is 112 Å². The van der Waals surface area contributed by atoms with E-state index in [1.807, 2.05) is 22.7 Å². The molecule has 0 bridgehead atoms. The Hall–Kier alpha value is -6.00. The van der Waals surface area contributed by atoms with Crippen LogP contribution in [0.3, 0.4) is 0 Å². The first-order chi connectivity index (χ1) is 25.3. The van der Waals surface area contributed by atoms with Crippen molar-refractivity contribution in [3.8, 4) is 11.1 Å². The molecule has 1 nitrogen and oxygen atoms in total. The van der Waals surface area contributed by atoms with Crippen LogP contribution in [0.1, 0.15) is 0 Å². The lowest BCUT2D eigenvalue weighted by Gasteiger charge is -2.26. The third kappa shape index (κ3) is 4.52. The summed E-state index contributed by atoms with van der Waals surface area (Å²) >= 11 is 3.72. The number of anilines is 3. The van der Waals surface area contributed by atoms with E-state index in [1.165, 1.54) is 83.8 Å². The van der Waals surface area contributed by atoms with Gasteiger partial charge >= 0.3 is 0 Å². The smallest absolute Gasteiger partial charge is 0.0468 e. The summed E-state index contributed by atoms with van der Waals surface area (Å²) in [7, 11) is 0. The van der Waals surface area contributed by atoms with Crippen LogP contribution in [0.4, 0.5) is 17.1 Å². The fourth-order valence-corrected chi connectivity index (χ4v) is 10.2. The van der Waals surface area contributed by atoms with Gasteiger partial charge in [0.1, 0.15) is 0 Å². The highest BCUT2D eigenvalue weighted by Gasteiger charge is 2.17. The van der Waals surface area contributed by atoms with Crippen LogP contribution < -0.4 is 4.90 Å². The SMILES string of the molecule is c1ccc2c(c1)ccc1ccc3c(-c4ccc(N(c5ccc6sc7ccccc7c6c5)c5ccc6sc7ccccc7c6c5)cc4)cccc3c12. The van der Waals surface area contributed by atoms with Crippen molar-refractivity contribution in [2.75, 3.05) is 4.90 Å². The highest BCUT2D eigenvalue weighted by atomic mass is 32.1. The fraction of sp³-hybridized carbons (Fsp3) is 0. The van der Waals surface area contributed by atoms with Crippen molar-refractivity contribution in [2.24, 2.45) is 0 Å². The summed E-state index contributed by atoms with van der Waals surface area (Å²) in [5.41, 5.74) is 5.90. The highest BCUT2D eigenvalue weighted by Crippen LogP contribution is 2.44. The van der Waals surface area contributed by atoms with Gasteiger partial charge in [0.15, 0.2) is 0 Å². The van der Waals surface area contributed by atoms with Crippen molar-refractivity contribution < 1.29 is 0 Å². The predicted molar refractivity (Wildman–Crippen MR) is 225 cm³/mol. The van der Waals surface area contributed by atoms with Crippen LogP contribution in [-0.4, -0.2) is 0 Å². The molecule has 3 heteroatoms. The van der Waals surface area contributed by atoms with Crippen LogP contribution >= 0.6 is 22.7 Å². The maximum Gasteiger partial charge on any atom is 0.0468 e. The fourth-order valence-electron chi connectivity index (χ4n) is 8.06. The van der Waals surface area contributed by atoms with Crippen molar-refractivity contribution in [2.45, 2.75) is 0 Å². The number of nitrogens with zero attached hydrogens (tertiary/aromatic N) is 1. The van der Waals surface area contributed by atoms with E-state index in [0.717, 1.165) is 17.1 Å². The third-order valence-electron chi connectivity index (χ3n) is 10.4. The molecule has 0 saturated carbocycles. The van der Waals surface area contributed by atoms with E-state index in [2.05, 4.69) is 181 Å². The average Bonchev–Trinajstić information content (AvgIpc) is 3.76. The number of thiophene rings is 2. The van der Waals surface area contributed by atoms with Crippen LogP contribution in [-0.2, 0) is 0 Å². The number of hydrogen-bond acceptors (Lipinski definition) is 3. The van der Waals surface area contributed by atoms with E-state index in [4.69, 9.17) is 0 Å². The van der Waals surface area contributed by atoms with Gasteiger partial charge in [0.25, 0.3) is 0 Å². The molecule has 0 atom stereocenters. The summed E-state index contributed by atoms with van der Waals surface area (Å²) < 4.78 is 5.27. The molecular formula is C48H29NS2. The van der Waals surface area contributed by atoms with Crippen LogP contribution in [0.15, 0.2) is 176 Å². The number of fused-ring (bicyclic) bond motifs is 11. The molecule has 51 heavy (non-hydrogen) atoms. The summed E-state index contributed by atoms with van der Waals surface area (Å²) in [5, 5.41) is 13.0. The maximum atomic E-state index is 2.42. The lowest BCUT2D eigenvalue weighted by molar-refractivity contribution is 1.30. The first kappa shape index (κ1) is 28.8. The standard InChI is InChI=1S/C48H29NS2/c1-2-9-37-30(8-1)16-17-32-20-25-38-36(12-7-13-41(38)48(32)37)31-18-21-33(22-19-31)49(34-23-26-46-42(28-34)39-10-3-5-14-44(39)50-46)35-24-27-47-43(29-35)40-11-4-6-15-45(40)51-47/h1-29H. The van der Waals surface area contributed by atoms with Crippen molar-refractivity contribution in [1.29, 1.82) is 0 Å². The van der Waals surface area contributed by atoms with E-state index in [-0.39, 0.29) is 0 Å². The summed E-state index contributed by atoms with van der Waals surface area (Å²) in [6.07, 6.45) is 0. The number of rotatable bonds is 4. The Bertz CT molecular complexity index is 3030. The molecular weight excluding hydrogens is 655 g/mol. The summed E-state index contributed by atoms with van der Waals surface area (Å²) in [6.45, 7) is 0. The molecule has 0 unspecified atom stereocenters. The molecule has 11 rings (SSSR count). The third-order valence-corrected chi connectivity index (χ3v) is 12.7. The van der Waals surface area contributed by atoms with Crippen molar-refractivity contribution in [3.05, 3.63) is 176 Å². The molecule has 238 valence electrons. The van der Waals surface area contributed by atoms with Crippen molar-refractivity contribution in [1.82, 2.24) is 0 Å². The largest absolute Gasteiger partial charge is 0.310 e. The van der Waals surface area contributed by atoms with Gasteiger partial charge in [-0.25, -0.2) is 0 Å². The van der Waals surface area contributed by atoms with Gasteiger partial charge in [0.2, 0.25) is 0 Å². The summed E-state index contributed by atoms with van der Waals surface area (Å²) in [6, 6.07) is 65.1. The van der Waals surface area contributed by atoms with E-state index < -0.39 is 0 Å². The summed E-state index contributed by atoms with van der Waals surface area (Å²) in [4.78, 5) is 2.42. The molecule has 0 fully saturated rings. The Labute approximate surface area is 302 Å². The van der Waals surface area contributed by atoms with Crippen molar-refractivity contribution in [3.63, 3.8) is 0 Å². The van der Waals surface area contributed by atoms with E-state index in [1.54, 1.807) is 0 Å². The minimum absolute atomic E-state index is 1.13. The predicted octanol–water partition coefficient (Wildman–Crippen LogP) is 15.0. The first-order valence-electron chi connectivity index (χ1n) is 17.3. The van der Waals surface area contributed by atoms with E-state index in [9.17, 15) is 0 Å². The molecule has 2 aromatic heterocycles. The van der Waals surface area contributed by atoms with E-state index >= 15 is 0 Å². The Morgan fingerprint density at radius 2 is 0.843 bits per heavy atom. The Morgan fingerprint density at radius 3 is 1.53 bits per heavy atom. The quantitative estimate of drug-likeness (QED) is 0.167. The Morgan fingerprint density at radius 1 is 0.314 bits per heavy atom. The molecule has 9 aromatic carbocycles. The molecule has 0 saturated heterocycles. The van der Waals surface area contributed by atoms with Gasteiger partial charge in [-0.1, -0.05) is 115 Å². The minimum atomic E-state index is 1.13. The zero-order valence-electron chi connectivity index (χ0n) is 27.5. The molecule has 0 aliphatic heterocycles. The zero-order chi connectivity index (χ0) is 33.5. The van der Waals surface area contributed by atoms with Crippen LogP contribution in [0.25, 0.3) is 83.8 Å². The van der Waals surface area contributed by atoms with Gasteiger partial charge in [-0.05, 0) is 104 Å². The first-order valence-corrected chi connectivity index (χ1v) is 19.0.